The van der Waals surface area contributed by atoms with E-state index < -0.39 is 11.2 Å². The molecule has 0 atom stereocenters. The molecular formula is C8H6B3NO2. The average molecular weight is 181 g/mol. The van der Waals surface area contributed by atoms with Gasteiger partial charge in [0.25, 0.3) is 0 Å². The molecule has 0 amide bonds. The van der Waals surface area contributed by atoms with E-state index in [0.29, 0.717) is 5.69 Å². The minimum absolute atomic E-state index is 0.138. The van der Waals surface area contributed by atoms with Crippen molar-refractivity contribution in [3.63, 3.8) is 0 Å². The molecule has 2 N–H and O–H groups in total. The fourth-order valence-electron chi connectivity index (χ4n) is 0.980. The Labute approximate surface area is 86.1 Å². The summed E-state index contributed by atoms with van der Waals surface area (Å²) in [6.45, 7) is 0. The first-order valence-corrected chi connectivity index (χ1v) is 3.87. The number of carboxylic acids is 1. The van der Waals surface area contributed by atoms with Gasteiger partial charge < -0.3 is 10.4 Å². The van der Waals surface area contributed by atoms with E-state index in [1.54, 1.807) is 12.1 Å². The number of aromatic carboxylic acids is 1. The summed E-state index contributed by atoms with van der Waals surface area (Å²) in [4.78, 5) is 10.6. The molecule has 0 aromatic heterocycles. The van der Waals surface area contributed by atoms with Crippen molar-refractivity contribution in [2.45, 2.75) is 5.24 Å². The third-order valence-corrected chi connectivity index (χ3v) is 1.47. The van der Waals surface area contributed by atoms with Crippen molar-refractivity contribution in [2.75, 3.05) is 5.32 Å². The van der Waals surface area contributed by atoms with Gasteiger partial charge in [0.15, 0.2) is 0 Å². The summed E-state index contributed by atoms with van der Waals surface area (Å²) in [6.07, 6.45) is 0. The molecule has 0 saturated carbocycles. The molecule has 0 saturated heterocycles. The van der Waals surface area contributed by atoms with Crippen LogP contribution < -0.4 is 5.32 Å². The molecule has 6 heteroatoms. The van der Waals surface area contributed by atoms with Crippen LogP contribution in [-0.4, -0.2) is 39.9 Å². The molecule has 0 unspecified atom stereocenters. The Hall–Kier alpha value is -1.32. The average Bonchev–Trinajstić information content (AvgIpc) is 2.01. The van der Waals surface area contributed by atoms with E-state index in [0.717, 1.165) is 0 Å². The van der Waals surface area contributed by atoms with E-state index in [1.807, 2.05) is 0 Å². The van der Waals surface area contributed by atoms with Gasteiger partial charge in [0.1, 0.15) is 0 Å². The van der Waals surface area contributed by atoms with Crippen molar-refractivity contribution in [1.82, 2.24) is 0 Å². The zero-order valence-electron chi connectivity index (χ0n) is 7.40. The Balaban J connectivity index is 2.89. The first-order chi connectivity index (χ1) is 6.38. The maximum Gasteiger partial charge on any atom is 0.335 e. The molecule has 64 valence electrons. The van der Waals surface area contributed by atoms with Crippen molar-refractivity contribution in [1.29, 1.82) is 0 Å². The normalized spacial score (nSPS) is 10.9. The molecule has 0 spiro atoms. The fourth-order valence-corrected chi connectivity index (χ4v) is 0.980. The Kier molecular flexibility index (Phi) is 2.94. The SMILES string of the molecule is [B]C([B])([B])Nc1cccc(C(=O)O)c1. The van der Waals surface area contributed by atoms with Crippen molar-refractivity contribution >= 4 is 35.2 Å². The lowest BCUT2D eigenvalue weighted by molar-refractivity contribution is 0.0697. The van der Waals surface area contributed by atoms with Gasteiger partial charge in [-0.1, -0.05) is 11.3 Å². The van der Waals surface area contributed by atoms with E-state index in [1.165, 1.54) is 12.1 Å². The largest absolute Gasteiger partial charge is 0.478 e. The fraction of sp³-hybridized carbons (Fsp3) is 0.125. The standard InChI is InChI=1S/C8H6B3NO2/c9-8(10,11)12-6-3-1-2-5(4-6)7(13)14/h1-4,12H,(H,13,14). The molecule has 1 aromatic carbocycles. The molecule has 0 aliphatic carbocycles. The van der Waals surface area contributed by atoms with Crippen LogP contribution in [0.1, 0.15) is 10.4 Å². The highest BCUT2D eigenvalue weighted by molar-refractivity contribution is 6.60. The Morgan fingerprint density at radius 2 is 2.00 bits per heavy atom. The van der Waals surface area contributed by atoms with E-state index in [-0.39, 0.29) is 5.56 Å². The van der Waals surface area contributed by atoms with Gasteiger partial charge in [-0.25, -0.2) is 4.79 Å². The smallest absolute Gasteiger partial charge is 0.335 e. The molecule has 0 aliphatic heterocycles. The van der Waals surface area contributed by atoms with Crippen LogP contribution in [0.5, 0.6) is 0 Å². The van der Waals surface area contributed by atoms with Gasteiger partial charge >= 0.3 is 5.97 Å². The minimum atomic E-state index is -1.56. The second kappa shape index (κ2) is 3.82. The number of carbonyl (C=O) groups is 1. The number of hydrogen-bond acceptors (Lipinski definition) is 2. The quantitative estimate of drug-likeness (QED) is 0.640. The Morgan fingerprint density at radius 3 is 2.50 bits per heavy atom. The first kappa shape index (κ1) is 10.8. The number of rotatable bonds is 3. The molecule has 1 aromatic rings. The Morgan fingerprint density at radius 1 is 1.36 bits per heavy atom. The zero-order valence-corrected chi connectivity index (χ0v) is 7.40. The number of anilines is 1. The lowest BCUT2D eigenvalue weighted by Gasteiger charge is -2.23. The summed E-state index contributed by atoms with van der Waals surface area (Å²) < 4.78 is 0. The molecule has 0 fully saturated rings. The first-order valence-electron chi connectivity index (χ1n) is 3.87. The van der Waals surface area contributed by atoms with Crippen LogP contribution >= 0.6 is 0 Å². The van der Waals surface area contributed by atoms with Gasteiger partial charge in [-0.3, -0.25) is 0 Å². The van der Waals surface area contributed by atoms with Gasteiger partial charge in [0.05, 0.1) is 29.1 Å². The highest BCUT2D eigenvalue weighted by Crippen LogP contribution is 2.12. The lowest BCUT2D eigenvalue weighted by atomic mass is 9.49. The molecule has 0 bridgehead atoms. The van der Waals surface area contributed by atoms with Crippen LogP contribution in [0.2, 0.25) is 0 Å². The van der Waals surface area contributed by atoms with Crippen LogP contribution in [0.4, 0.5) is 5.69 Å². The second-order valence-electron chi connectivity index (χ2n) is 2.94. The van der Waals surface area contributed by atoms with Crippen molar-refractivity contribution in [3.8, 4) is 0 Å². The van der Waals surface area contributed by atoms with Crippen LogP contribution in [0.3, 0.4) is 0 Å². The number of nitrogens with one attached hydrogen (secondary N) is 1. The monoisotopic (exact) mass is 181 g/mol. The topological polar surface area (TPSA) is 49.3 Å². The predicted octanol–water partition coefficient (Wildman–Crippen LogP) is -0.0865. The van der Waals surface area contributed by atoms with E-state index in [9.17, 15) is 4.79 Å². The van der Waals surface area contributed by atoms with Crippen molar-refractivity contribution in [3.05, 3.63) is 29.8 Å². The zero-order chi connectivity index (χ0) is 10.8. The van der Waals surface area contributed by atoms with Gasteiger partial charge in [-0.2, -0.15) is 0 Å². The maximum atomic E-state index is 10.6. The molecule has 14 heavy (non-hydrogen) atoms. The van der Waals surface area contributed by atoms with Gasteiger partial charge in [0.2, 0.25) is 0 Å². The van der Waals surface area contributed by atoms with Crippen LogP contribution in [0, 0.1) is 0 Å². The summed E-state index contributed by atoms with van der Waals surface area (Å²) in [6, 6.07) is 6.04. The molecular weight excluding hydrogens is 175 g/mol. The number of hydrogen-bond donors (Lipinski definition) is 2. The maximum absolute atomic E-state index is 10.6. The second-order valence-corrected chi connectivity index (χ2v) is 2.94. The number of carboxylic acid groups (broad SMARTS) is 1. The lowest BCUT2D eigenvalue weighted by Crippen LogP contribution is -2.39. The van der Waals surface area contributed by atoms with Crippen LogP contribution in [0.25, 0.3) is 0 Å². The van der Waals surface area contributed by atoms with E-state index >= 15 is 0 Å². The highest BCUT2D eigenvalue weighted by Gasteiger charge is 2.09. The predicted molar refractivity (Wildman–Crippen MR) is 57.0 cm³/mol. The van der Waals surface area contributed by atoms with Gasteiger partial charge in [-0.05, 0) is 18.2 Å². The van der Waals surface area contributed by atoms with Crippen molar-refractivity contribution < 1.29 is 9.90 Å². The van der Waals surface area contributed by atoms with Gasteiger partial charge in [0, 0.05) is 5.69 Å². The molecule has 1 rings (SSSR count). The molecule has 3 nitrogen and oxygen atoms in total. The van der Waals surface area contributed by atoms with E-state index in [2.05, 4.69) is 5.32 Å². The third kappa shape index (κ3) is 3.20. The summed E-state index contributed by atoms with van der Waals surface area (Å²) in [5.41, 5.74) is 0.594. The highest BCUT2D eigenvalue weighted by atomic mass is 16.4. The molecule has 6 radical (unpaired) electrons. The summed E-state index contributed by atoms with van der Waals surface area (Å²) in [7, 11) is 15.9. The number of benzene rings is 1. The molecule has 0 aliphatic rings. The van der Waals surface area contributed by atoms with Crippen molar-refractivity contribution in [2.24, 2.45) is 0 Å². The summed E-state index contributed by atoms with van der Waals surface area (Å²) in [5, 5.41) is 9.67. The Bertz CT molecular complexity index is 349. The summed E-state index contributed by atoms with van der Waals surface area (Å²) in [5.74, 6) is -1.02. The van der Waals surface area contributed by atoms with Crippen LogP contribution in [-0.2, 0) is 0 Å². The van der Waals surface area contributed by atoms with Gasteiger partial charge in [-0.15, -0.1) is 0 Å². The van der Waals surface area contributed by atoms with E-state index in [4.69, 9.17) is 28.6 Å². The summed E-state index contributed by atoms with van der Waals surface area (Å²) >= 11 is 0. The van der Waals surface area contributed by atoms with Crippen LogP contribution in [0.15, 0.2) is 24.3 Å². The minimum Gasteiger partial charge on any atom is -0.478 e. The molecule has 0 heterocycles. The third-order valence-electron chi connectivity index (χ3n) is 1.47.